The maximum absolute atomic E-state index is 10.2. The average molecular weight is 330 g/mol. The smallest absolute Gasteiger partial charge is 0.240 e. The number of hydrogen-bond acceptors (Lipinski definition) is 4. The number of isocyanates is 1. The van der Waals surface area contributed by atoms with Gasteiger partial charge >= 0.3 is 0 Å². The largest absolute Gasteiger partial charge is 0.489 e. The number of rotatable bonds is 7. The molecule has 5 heteroatoms. The average Bonchev–Trinajstić information content (AvgIpc) is 2.53. The Kier molecular flexibility index (Phi) is 6.42. The fraction of sp³-hybridized carbons (Fsp3) is 0.167. The Labute approximate surface area is 140 Å². The minimum Gasteiger partial charge on any atom is -0.489 e. The molecule has 0 bridgehead atoms. The third kappa shape index (κ3) is 5.62. The molecule has 0 aliphatic rings. The van der Waals surface area contributed by atoms with Gasteiger partial charge in [0, 0.05) is 11.1 Å². The van der Waals surface area contributed by atoms with Gasteiger partial charge in [0.1, 0.15) is 24.7 Å². The number of halogens is 1. The molecule has 0 N–H and O–H groups in total. The Bertz CT molecular complexity index is 737. The standard InChI is InChI=1S/C18H16ClNO3/c1-14-11-15(19)7-8-18(14)23-10-3-2-9-22-17-6-4-5-16(12-17)20-13-21/h2-8,11-12H,9-10H2,1H3/b3-2+. The van der Waals surface area contributed by atoms with Gasteiger partial charge in [0.2, 0.25) is 6.08 Å². The van der Waals surface area contributed by atoms with Crippen LogP contribution in [0, 0.1) is 6.92 Å². The minimum absolute atomic E-state index is 0.400. The van der Waals surface area contributed by atoms with Crippen LogP contribution in [-0.2, 0) is 4.79 Å². The highest BCUT2D eigenvalue weighted by atomic mass is 35.5. The first-order chi connectivity index (χ1) is 11.2. The summed E-state index contributed by atoms with van der Waals surface area (Å²) in [5.41, 5.74) is 1.51. The van der Waals surface area contributed by atoms with Crippen LogP contribution in [0.2, 0.25) is 5.02 Å². The van der Waals surface area contributed by atoms with E-state index in [0.29, 0.717) is 29.7 Å². The van der Waals surface area contributed by atoms with Crippen LogP contribution in [0.25, 0.3) is 0 Å². The molecule has 0 unspecified atom stereocenters. The Balaban J connectivity index is 1.77. The minimum atomic E-state index is 0.400. The van der Waals surface area contributed by atoms with Crippen LogP contribution < -0.4 is 9.47 Å². The van der Waals surface area contributed by atoms with E-state index in [1.54, 1.807) is 30.3 Å². The normalized spacial score (nSPS) is 10.3. The molecule has 0 amide bonds. The molecule has 0 saturated heterocycles. The second-order valence-corrected chi connectivity index (χ2v) is 5.14. The molecule has 0 aromatic heterocycles. The molecule has 0 aliphatic heterocycles. The van der Waals surface area contributed by atoms with Crippen LogP contribution in [0.1, 0.15) is 5.56 Å². The van der Waals surface area contributed by atoms with E-state index in [2.05, 4.69) is 4.99 Å². The molecule has 2 rings (SSSR count). The van der Waals surface area contributed by atoms with Gasteiger partial charge < -0.3 is 9.47 Å². The van der Waals surface area contributed by atoms with Crippen molar-refractivity contribution in [3.63, 3.8) is 0 Å². The van der Waals surface area contributed by atoms with Crippen molar-refractivity contribution in [2.75, 3.05) is 13.2 Å². The van der Waals surface area contributed by atoms with Crippen molar-refractivity contribution in [2.24, 2.45) is 4.99 Å². The maximum atomic E-state index is 10.2. The number of aliphatic imine (C=N–C) groups is 1. The second-order valence-electron chi connectivity index (χ2n) is 4.70. The van der Waals surface area contributed by atoms with Crippen molar-refractivity contribution in [3.05, 3.63) is 65.2 Å². The predicted octanol–water partition coefficient (Wildman–Crippen LogP) is 4.63. The number of hydrogen-bond donors (Lipinski definition) is 0. The van der Waals surface area contributed by atoms with E-state index in [0.717, 1.165) is 11.3 Å². The summed E-state index contributed by atoms with van der Waals surface area (Å²) in [5, 5.41) is 0.694. The first-order valence-corrected chi connectivity index (χ1v) is 7.41. The summed E-state index contributed by atoms with van der Waals surface area (Å²) in [6.45, 7) is 2.79. The summed E-state index contributed by atoms with van der Waals surface area (Å²) in [7, 11) is 0. The van der Waals surface area contributed by atoms with Crippen molar-refractivity contribution >= 4 is 23.4 Å². The van der Waals surface area contributed by atoms with Crippen molar-refractivity contribution < 1.29 is 14.3 Å². The predicted molar refractivity (Wildman–Crippen MR) is 90.5 cm³/mol. The van der Waals surface area contributed by atoms with Gasteiger partial charge in [-0.2, -0.15) is 4.99 Å². The van der Waals surface area contributed by atoms with Crippen LogP contribution in [0.15, 0.2) is 59.6 Å². The highest BCUT2D eigenvalue weighted by Crippen LogP contribution is 2.22. The molecule has 0 aliphatic carbocycles. The van der Waals surface area contributed by atoms with E-state index in [1.807, 2.05) is 31.2 Å². The summed E-state index contributed by atoms with van der Waals surface area (Å²) in [5.74, 6) is 1.44. The van der Waals surface area contributed by atoms with Gasteiger partial charge in [-0.3, -0.25) is 0 Å². The Morgan fingerprint density at radius 1 is 1.13 bits per heavy atom. The maximum Gasteiger partial charge on any atom is 0.240 e. The third-order valence-electron chi connectivity index (χ3n) is 2.98. The highest BCUT2D eigenvalue weighted by molar-refractivity contribution is 6.30. The number of nitrogens with zero attached hydrogens (tertiary/aromatic N) is 1. The molecule has 23 heavy (non-hydrogen) atoms. The first-order valence-electron chi connectivity index (χ1n) is 7.04. The molecule has 118 valence electrons. The van der Waals surface area contributed by atoms with E-state index in [9.17, 15) is 4.79 Å². The van der Waals surface area contributed by atoms with E-state index in [1.165, 1.54) is 6.08 Å². The zero-order valence-electron chi connectivity index (χ0n) is 12.7. The number of carbonyl (C=O) groups excluding carboxylic acids is 1. The molecule has 2 aromatic rings. The van der Waals surface area contributed by atoms with Gasteiger partial charge in [-0.05, 0) is 55.0 Å². The van der Waals surface area contributed by atoms with Gasteiger partial charge in [-0.1, -0.05) is 17.7 Å². The van der Waals surface area contributed by atoms with Gasteiger partial charge in [-0.15, -0.1) is 0 Å². The first kappa shape index (κ1) is 16.8. The van der Waals surface area contributed by atoms with E-state index >= 15 is 0 Å². The Morgan fingerprint density at radius 3 is 2.65 bits per heavy atom. The SMILES string of the molecule is Cc1cc(Cl)ccc1OC/C=C/COc1cccc(N=C=O)c1. The lowest BCUT2D eigenvalue weighted by Gasteiger charge is -2.07. The molecule has 4 nitrogen and oxygen atoms in total. The van der Waals surface area contributed by atoms with Crippen LogP contribution in [0.5, 0.6) is 11.5 Å². The molecular weight excluding hydrogens is 314 g/mol. The molecule has 0 fully saturated rings. The van der Waals surface area contributed by atoms with Crippen molar-refractivity contribution in [1.82, 2.24) is 0 Å². The van der Waals surface area contributed by atoms with Gasteiger partial charge in [0.15, 0.2) is 0 Å². The number of aryl methyl sites for hydroxylation is 1. The van der Waals surface area contributed by atoms with Crippen LogP contribution in [0.3, 0.4) is 0 Å². The summed E-state index contributed by atoms with van der Waals surface area (Å²) < 4.78 is 11.2. The second kappa shape index (κ2) is 8.79. The monoisotopic (exact) mass is 329 g/mol. The molecule has 0 heterocycles. The Morgan fingerprint density at radius 2 is 1.91 bits per heavy atom. The zero-order valence-corrected chi connectivity index (χ0v) is 13.4. The third-order valence-corrected chi connectivity index (χ3v) is 3.21. The van der Waals surface area contributed by atoms with Crippen molar-refractivity contribution in [3.8, 4) is 11.5 Å². The van der Waals surface area contributed by atoms with Crippen LogP contribution in [0.4, 0.5) is 5.69 Å². The summed E-state index contributed by atoms with van der Waals surface area (Å²) in [6, 6.07) is 12.4. The lowest BCUT2D eigenvalue weighted by atomic mass is 10.2. The lowest BCUT2D eigenvalue weighted by Crippen LogP contribution is -1.97. The molecule has 0 atom stereocenters. The summed E-state index contributed by atoms with van der Waals surface area (Å²) in [4.78, 5) is 13.8. The van der Waals surface area contributed by atoms with E-state index < -0.39 is 0 Å². The molecule has 0 spiro atoms. The van der Waals surface area contributed by atoms with E-state index in [-0.39, 0.29) is 0 Å². The highest BCUT2D eigenvalue weighted by Gasteiger charge is 1.98. The van der Waals surface area contributed by atoms with Gasteiger partial charge in [0.05, 0.1) is 5.69 Å². The summed E-state index contributed by atoms with van der Waals surface area (Å²) >= 11 is 5.89. The quantitative estimate of drug-likeness (QED) is 0.422. The zero-order chi connectivity index (χ0) is 16.5. The van der Waals surface area contributed by atoms with Crippen molar-refractivity contribution in [1.29, 1.82) is 0 Å². The van der Waals surface area contributed by atoms with E-state index in [4.69, 9.17) is 21.1 Å². The fourth-order valence-electron chi connectivity index (χ4n) is 1.89. The molecular formula is C18H16ClNO3. The van der Waals surface area contributed by atoms with Gasteiger partial charge in [-0.25, -0.2) is 4.79 Å². The number of ether oxygens (including phenoxy) is 2. The Hall–Kier alpha value is -2.55. The summed E-state index contributed by atoms with van der Waals surface area (Å²) in [6.07, 6.45) is 5.24. The van der Waals surface area contributed by atoms with Gasteiger partial charge in [0.25, 0.3) is 0 Å². The topological polar surface area (TPSA) is 47.9 Å². The molecule has 0 saturated carbocycles. The van der Waals surface area contributed by atoms with Crippen molar-refractivity contribution in [2.45, 2.75) is 6.92 Å². The number of benzene rings is 2. The fourth-order valence-corrected chi connectivity index (χ4v) is 2.12. The molecule has 0 radical (unpaired) electrons. The lowest BCUT2D eigenvalue weighted by molar-refractivity contribution is 0.349. The van der Waals surface area contributed by atoms with Crippen LogP contribution in [-0.4, -0.2) is 19.3 Å². The van der Waals surface area contributed by atoms with Crippen LogP contribution >= 0.6 is 11.6 Å². The molecule has 2 aromatic carbocycles.